The number of aromatic nitrogens is 2. The number of carboxylic acids is 1. The molecule has 0 aliphatic carbocycles. The molecule has 1 aromatic heterocycles. The summed E-state index contributed by atoms with van der Waals surface area (Å²) in [7, 11) is 0. The third kappa shape index (κ3) is 6.29. The largest absolute Gasteiger partial charge is 0.478 e. The van der Waals surface area contributed by atoms with E-state index in [2.05, 4.69) is 22.2 Å². The minimum absolute atomic E-state index is 0.0639. The highest BCUT2D eigenvalue weighted by molar-refractivity contribution is 6.36. The maximum absolute atomic E-state index is 13.9. The summed E-state index contributed by atoms with van der Waals surface area (Å²) in [6, 6.07) is 21.9. The molecule has 2 atom stereocenters. The van der Waals surface area contributed by atoms with Crippen molar-refractivity contribution in [2.45, 2.75) is 58.2 Å². The highest BCUT2D eigenvalue weighted by Gasteiger charge is 2.52. The number of hydrogen-bond acceptors (Lipinski definition) is 6. The number of halogens is 2. The first-order valence-electron chi connectivity index (χ1n) is 14.5. The Bertz CT molecular complexity index is 1660. The molecule has 5 rings (SSSR count). The molecule has 0 saturated carbocycles. The van der Waals surface area contributed by atoms with Crippen molar-refractivity contribution in [3.63, 3.8) is 0 Å². The predicted octanol–water partition coefficient (Wildman–Crippen LogP) is 6.66. The molecule has 1 amide bonds. The van der Waals surface area contributed by atoms with Gasteiger partial charge in [0.15, 0.2) is 0 Å². The molecule has 228 valence electrons. The number of rotatable bonds is 10. The van der Waals surface area contributed by atoms with Crippen LogP contribution in [0.1, 0.15) is 53.4 Å². The van der Waals surface area contributed by atoms with E-state index in [1.54, 1.807) is 49.1 Å². The van der Waals surface area contributed by atoms with Crippen LogP contribution in [-0.4, -0.2) is 39.6 Å². The highest BCUT2D eigenvalue weighted by Crippen LogP contribution is 2.43. The lowest BCUT2D eigenvalue weighted by Crippen LogP contribution is -2.58. The maximum atomic E-state index is 13.9. The molecule has 8 nitrogen and oxygen atoms in total. The number of unbranched alkanes of at least 4 members (excludes halogenated alkanes) is 1. The number of carbonyl (C=O) groups excluding carboxylic acids is 1. The number of hydrogen-bond donors (Lipinski definition) is 2. The third-order valence-corrected chi connectivity index (χ3v) is 8.53. The molecule has 3 aromatic carbocycles. The first kappa shape index (κ1) is 31.4. The molecule has 4 aromatic rings. The van der Waals surface area contributed by atoms with Crippen LogP contribution < -0.4 is 15.0 Å². The molecular weight excluding hydrogens is 599 g/mol. The molecule has 10 heteroatoms. The fraction of sp³-hybridized carbons (Fsp3) is 0.294. The molecular formula is C34H34Cl2N4O4. The van der Waals surface area contributed by atoms with Gasteiger partial charge in [-0.1, -0.05) is 85.1 Å². The average Bonchev–Trinajstić information content (AvgIpc) is 3.11. The fourth-order valence-electron chi connectivity index (χ4n) is 5.77. The van der Waals surface area contributed by atoms with Crippen molar-refractivity contribution in [3.8, 4) is 6.01 Å². The van der Waals surface area contributed by atoms with Crippen molar-refractivity contribution in [2.24, 2.45) is 0 Å². The van der Waals surface area contributed by atoms with Crippen LogP contribution in [0.4, 0.5) is 5.69 Å². The zero-order valence-corrected chi connectivity index (χ0v) is 26.3. The molecule has 1 aliphatic heterocycles. The molecule has 2 N–H and O–H groups in total. The van der Waals surface area contributed by atoms with Gasteiger partial charge in [-0.05, 0) is 62.1 Å². The van der Waals surface area contributed by atoms with Gasteiger partial charge in [0.25, 0.3) is 0 Å². The van der Waals surface area contributed by atoms with Gasteiger partial charge in [-0.2, -0.15) is 0 Å². The number of fused-ring (bicyclic) bond motifs is 1. The van der Waals surface area contributed by atoms with Crippen LogP contribution in [0.3, 0.4) is 0 Å². The topological polar surface area (TPSA) is 105 Å². The summed E-state index contributed by atoms with van der Waals surface area (Å²) < 4.78 is 6.24. The van der Waals surface area contributed by atoms with Crippen molar-refractivity contribution in [1.29, 1.82) is 0 Å². The van der Waals surface area contributed by atoms with Gasteiger partial charge >= 0.3 is 12.0 Å². The Hall–Kier alpha value is -3.98. The van der Waals surface area contributed by atoms with Gasteiger partial charge in [-0.25, -0.2) is 14.8 Å². The minimum atomic E-state index is -1.57. The molecule has 0 saturated heterocycles. The lowest BCUT2D eigenvalue weighted by Gasteiger charge is -2.39. The van der Waals surface area contributed by atoms with E-state index in [4.69, 9.17) is 27.9 Å². The van der Waals surface area contributed by atoms with E-state index in [0.29, 0.717) is 43.8 Å². The Morgan fingerprint density at radius 3 is 2.39 bits per heavy atom. The number of nitrogens with one attached hydrogen (secondary N) is 1. The van der Waals surface area contributed by atoms with Crippen molar-refractivity contribution in [2.75, 3.05) is 11.4 Å². The molecule has 0 spiro atoms. The number of benzene rings is 3. The van der Waals surface area contributed by atoms with Gasteiger partial charge in [0.1, 0.15) is 5.54 Å². The number of carbonyl (C=O) groups is 2. The first-order valence-corrected chi connectivity index (χ1v) is 15.3. The van der Waals surface area contributed by atoms with Crippen molar-refractivity contribution in [3.05, 3.63) is 116 Å². The van der Waals surface area contributed by atoms with E-state index >= 15 is 0 Å². The molecule has 0 unspecified atom stereocenters. The Kier molecular flexibility index (Phi) is 9.53. The van der Waals surface area contributed by atoms with Crippen LogP contribution in [0.15, 0.2) is 72.8 Å². The van der Waals surface area contributed by atoms with Gasteiger partial charge in [0.2, 0.25) is 12.0 Å². The molecule has 2 heterocycles. The number of aliphatic carboxylic acids is 1. The maximum Gasteiger partial charge on any atom is 0.347 e. The van der Waals surface area contributed by atoms with E-state index in [-0.39, 0.29) is 25.0 Å². The molecule has 0 bridgehead atoms. The Labute approximate surface area is 267 Å². The summed E-state index contributed by atoms with van der Waals surface area (Å²) in [4.78, 5) is 37.6. The van der Waals surface area contributed by atoms with Gasteiger partial charge in [-0.15, -0.1) is 0 Å². The summed E-state index contributed by atoms with van der Waals surface area (Å²) in [5.41, 5.74) is 3.07. The number of amides is 1. The van der Waals surface area contributed by atoms with Crippen molar-refractivity contribution in [1.82, 2.24) is 15.3 Å². The third-order valence-electron chi connectivity index (χ3n) is 7.82. The summed E-state index contributed by atoms with van der Waals surface area (Å²) >= 11 is 13.1. The van der Waals surface area contributed by atoms with Crippen molar-refractivity contribution >= 4 is 40.8 Å². The average molecular weight is 634 g/mol. The molecule has 0 fully saturated rings. The Morgan fingerprint density at radius 1 is 1.02 bits per heavy atom. The van der Waals surface area contributed by atoms with Crippen LogP contribution in [0.2, 0.25) is 10.0 Å². The second kappa shape index (κ2) is 13.3. The normalized spacial score (nSPS) is 17.1. The second-order valence-electron chi connectivity index (χ2n) is 10.9. The van der Waals surface area contributed by atoms with Crippen LogP contribution >= 0.6 is 23.2 Å². The summed E-state index contributed by atoms with van der Waals surface area (Å²) in [6.45, 7) is 5.59. The van der Waals surface area contributed by atoms with Crippen molar-refractivity contribution < 1.29 is 19.4 Å². The number of para-hydroxylation sites is 1. The standard InChI is InChI=1S/C34H34Cl2N4O4/c1-4-5-10-23-11-8-12-24(18-23)34(31(32(42)43)44-33-38-21(2)17-22(3)39-33)26-13-6-7-16-29(26)40(30(41)19-37-34)20-25-27(35)14-9-15-28(25)36/h6-9,11-18,31,37H,4-5,10,19-20H2,1-3H3,(H,42,43)/t31-,34+/m1/s1. The van der Waals surface area contributed by atoms with Gasteiger partial charge in [0.05, 0.1) is 13.1 Å². The van der Waals surface area contributed by atoms with Crippen LogP contribution in [0.5, 0.6) is 6.01 Å². The molecule has 0 radical (unpaired) electrons. The minimum Gasteiger partial charge on any atom is -0.478 e. The van der Waals surface area contributed by atoms with E-state index in [1.807, 2.05) is 42.5 Å². The van der Waals surface area contributed by atoms with Gasteiger partial charge in [0, 0.05) is 38.2 Å². The zero-order valence-electron chi connectivity index (χ0n) is 24.8. The summed E-state index contributed by atoms with van der Waals surface area (Å²) in [5, 5.41) is 15.1. The SMILES string of the molecule is CCCCc1cccc([C@]2([C@H](Oc3nc(C)cc(C)n3)C(=O)O)NCC(=O)N(Cc3c(Cl)cccc3Cl)c3ccccc32)c1. The lowest BCUT2D eigenvalue weighted by atomic mass is 9.76. The Morgan fingerprint density at radius 2 is 1.70 bits per heavy atom. The molecule has 1 aliphatic rings. The monoisotopic (exact) mass is 632 g/mol. The van der Waals surface area contributed by atoms with Crippen LogP contribution in [0.25, 0.3) is 0 Å². The van der Waals surface area contributed by atoms with E-state index in [1.165, 1.54) is 0 Å². The number of carboxylic acid groups (broad SMARTS) is 1. The number of nitrogens with zero attached hydrogens (tertiary/aromatic N) is 3. The van der Waals surface area contributed by atoms with E-state index in [0.717, 1.165) is 24.8 Å². The fourth-order valence-corrected chi connectivity index (χ4v) is 6.29. The molecule has 44 heavy (non-hydrogen) atoms. The van der Waals surface area contributed by atoms with Crippen LogP contribution in [0, 0.1) is 13.8 Å². The highest BCUT2D eigenvalue weighted by atomic mass is 35.5. The Balaban J connectivity index is 1.75. The number of ether oxygens (including phenoxy) is 1. The quantitative estimate of drug-likeness (QED) is 0.201. The predicted molar refractivity (Wildman–Crippen MR) is 171 cm³/mol. The lowest BCUT2D eigenvalue weighted by molar-refractivity contribution is -0.149. The van der Waals surface area contributed by atoms with E-state index in [9.17, 15) is 14.7 Å². The van der Waals surface area contributed by atoms with Gasteiger partial charge < -0.3 is 14.7 Å². The smallest absolute Gasteiger partial charge is 0.347 e. The second-order valence-corrected chi connectivity index (χ2v) is 11.7. The first-order chi connectivity index (χ1) is 21.1. The van der Waals surface area contributed by atoms with Gasteiger partial charge in [-0.3, -0.25) is 10.1 Å². The zero-order chi connectivity index (χ0) is 31.4. The number of anilines is 1. The van der Waals surface area contributed by atoms with Crippen LogP contribution in [-0.2, 0) is 28.1 Å². The summed E-state index contributed by atoms with van der Waals surface area (Å²) in [5.74, 6) is -1.53. The summed E-state index contributed by atoms with van der Waals surface area (Å²) in [6.07, 6.45) is 1.23. The van der Waals surface area contributed by atoms with E-state index < -0.39 is 17.6 Å². The number of aryl methyl sites for hydroxylation is 3.